The van der Waals surface area contributed by atoms with Crippen LogP contribution in [0.1, 0.15) is 68.6 Å². The molecule has 0 spiro atoms. The average Bonchev–Trinajstić information content (AvgIpc) is 2.60. The number of hydrogen-bond donors (Lipinski definition) is 2. The molecule has 156 valence electrons. The molecule has 2 N–H and O–H groups in total. The highest BCUT2D eigenvalue weighted by atomic mass is 16.3. The molecule has 0 heterocycles. The molecule has 0 saturated heterocycles. The summed E-state index contributed by atoms with van der Waals surface area (Å²) in [4.78, 5) is 14.8. The van der Waals surface area contributed by atoms with Gasteiger partial charge in [0.15, 0.2) is 0 Å². The molecule has 0 saturated carbocycles. The lowest BCUT2D eigenvalue weighted by Gasteiger charge is -2.28. The number of anilines is 1. The zero-order chi connectivity index (χ0) is 22.0. The van der Waals surface area contributed by atoms with Crippen molar-refractivity contribution in [3.8, 4) is 5.75 Å². The lowest BCUT2D eigenvalue weighted by atomic mass is 9.78. The van der Waals surface area contributed by atoms with E-state index in [9.17, 15) is 9.90 Å². The number of hydrogen-bond acceptors (Lipinski definition) is 4. The number of nitrogens with one attached hydrogen (secondary N) is 1. The van der Waals surface area contributed by atoms with Crippen LogP contribution < -0.4 is 10.3 Å². The lowest BCUT2D eigenvalue weighted by molar-refractivity contribution is 0.0955. The number of carbonyl (C=O) groups is 1. The third-order valence-electron chi connectivity index (χ3n) is 4.78. The van der Waals surface area contributed by atoms with Gasteiger partial charge in [0.25, 0.3) is 5.91 Å². The predicted octanol–water partition coefficient (Wildman–Crippen LogP) is 4.82. The van der Waals surface area contributed by atoms with E-state index in [-0.39, 0.29) is 22.5 Å². The molecule has 2 aromatic rings. The summed E-state index contributed by atoms with van der Waals surface area (Å²) < 4.78 is 0. The Labute approximate surface area is 174 Å². The first kappa shape index (κ1) is 22.5. The molecule has 29 heavy (non-hydrogen) atoms. The van der Waals surface area contributed by atoms with Crippen LogP contribution in [-0.2, 0) is 10.8 Å². The minimum Gasteiger partial charge on any atom is -0.507 e. The fourth-order valence-electron chi connectivity index (χ4n) is 3.00. The van der Waals surface area contributed by atoms with Crippen molar-refractivity contribution in [3.05, 3.63) is 58.7 Å². The number of benzene rings is 2. The maximum atomic E-state index is 12.7. The Hall–Kier alpha value is -2.82. The molecule has 0 bridgehead atoms. The van der Waals surface area contributed by atoms with Crippen LogP contribution in [0.3, 0.4) is 0 Å². The van der Waals surface area contributed by atoms with Crippen LogP contribution >= 0.6 is 0 Å². The van der Waals surface area contributed by atoms with Crippen molar-refractivity contribution in [1.82, 2.24) is 5.43 Å². The molecule has 0 radical (unpaired) electrons. The van der Waals surface area contributed by atoms with Crippen molar-refractivity contribution >= 4 is 17.8 Å². The Bertz CT molecular complexity index is 864. The Kier molecular flexibility index (Phi) is 6.41. The van der Waals surface area contributed by atoms with Crippen LogP contribution in [0.25, 0.3) is 0 Å². The van der Waals surface area contributed by atoms with Gasteiger partial charge < -0.3 is 10.0 Å². The smallest absolute Gasteiger partial charge is 0.271 e. The summed E-state index contributed by atoms with van der Waals surface area (Å²) in [5.74, 6) is -0.0480. The number of carbonyl (C=O) groups excluding carboxylic acids is 1. The highest BCUT2D eigenvalue weighted by Gasteiger charge is 2.27. The normalized spacial score (nSPS) is 12.3. The molecule has 0 aliphatic rings. The van der Waals surface area contributed by atoms with E-state index in [4.69, 9.17) is 0 Å². The van der Waals surface area contributed by atoms with E-state index in [1.54, 1.807) is 18.3 Å². The molecule has 2 aromatic carbocycles. The second-order valence-corrected chi connectivity index (χ2v) is 9.61. The lowest BCUT2D eigenvalue weighted by Crippen LogP contribution is -2.22. The summed E-state index contributed by atoms with van der Waals surface area (Å²) in [6.07, 6.45) is 1.62. The molecule has 2 rings (SSSR count). The SMILES string of the molecule is CN(C)c1ccc(C=NNC(=O)c2cc(C(C)(C)C)c(O)c(C(C)(C)C)c2)cc1. The van der Waals surface area contributed by atoms with Gasteiger partial charge >= 0.3 is 0 Å². The van der Waals surface area contributed by atoms with Crippen LogP contribution in [0.4, 0.5) is 5.69 Å². The average molecular weight is 396 g/mol. The maximum absolute atomic E-state index is 12.7. The van der Waals surface area contributed by atoms with Crippen molar-refractivity contribution in [1.29, 1.82) is 0 Å². The second kappa shape index (κ2) is 8.27. The molecular weight excluding hydrogens is 362 g/mol. The third kappa shape index (κ3) is 5.59. The van der Waals surface area contributed by atoms with Crippen molar-refractivity contribution in [2.45, 2.75) is 52.4 Å². The van der Waals surface area contributed by atoms with Gasteiger partial charge in [0.1, 0.15) is 5.75 Å². The van der Waals surface area contributed by atoms with Gasteiger partial charge in [0.05, 0.1) is 6.21 Å². The van der Waals surface area contributed by atoms with E-state index < -0.39 is 0 Å². The largest absolute Gasteiger partial charge is 0.507 e. The molecular formula is C24H33N3O2. The van der Waals surface area contributed by atoms with Crippen LogP contribution in [0.15, 0.2) is 41.5 Å². The quantitative estimate of drug-likeness (QED) is 0.576. The predicted molar refractivity (Wildman–Crippen MR) is 121 cm³/mol. The van der Waals surface area contributed by atoms with Gasteiger partial charge in [-0.15, -0.1) is 0 Å². The number of phenols is 1. The van der Waals surface area contributed by atoms with Crippen LogP contribution in [0.5, 0.6) is 5.75 Å². The number of amides is 1. The van der Waals surface area contributed by atoms with E-state index in [1.807, 2.05) is 84.8 Å². The van der Waals surface area contributed by atoms with Gasteiger partial charge in [-0.3, -0.25) is 4.79 Å². The Balaban J connectivity index is 2.28. The van der Waals surface area contributed by atoms with Gasteiger partial charge in [-0.25, -0.2) is 5.43 Å². The third-order valence-corrected chi connectivity index (χ3v) is 4.78. The van der Waals surface area contributed by atoms with Crippen molar-refractivity contribution in [2.24, 2.45) is 5.10 Å². The molecule has 0 aliphatic heterocycles. The van der Waals surface area contributed by atoms with E-state index in [0.29, 0.717) is 5.56 Å². The highest BCUT2D eigenvalue weighted by molar-refractivity contribution is 5.95. The number of aromatic hydroxyl groups is 1. The first-order chi connectivity index (χ1) is 13.3. The molecule has 0 aliphatic carbocycles. The summed E-state index contributed by atoms with van der Waals surface area (Å²) in [6, 6.07) is 11.4. The van der Waals surface area contributed by atoms with Gasteiger partial charge in [-0.2, -0.15) is 5.10 Å². The zero-order valence-corrected chi connectivity index (χ0v) is 18.8. The topological polar surface area (TPSA) is 64.9 Å². The Morgan fingerprint density at radius 1 is 0.966 bits per heavy atom. The summed E-state index contributed by atoms with van der Waals surface area (Å²) >= 11 is 0. The summed E-state index contributed by atoms with van der Waals surface area (Å²) in [6.45, 7) is 12.1. The van der Waals surface area contributed by atoms with Gasteiger partial charge in [-0.05, 0) is 40.7 Å². The molecule has 0 aromatic heterocycles. The number of nitrogens with zero attached hydrogens (tertiary/aromatic N) is 2. The fourth-order valence-corrected chi connectivity index (χ4v) is 3.00. The van der Waals surface area contributed by atoms with Gasteiger partial charge in [0.2, 0.25) is 0 Å². The van der Waals surface area contributed by atoms with Crippen molar-refractivity contribution in [2.75, 3.05) is 19.0 Å². The number of rotatable bonds is 4. The molecule has 0 atom stereocenters. The van der Waals surface area contributed by atoms with E-state index in [0.717, 1.165) is 22.4 Å². The Morgan fingerprint density at radius 3 is 1.86 bits per heavy atom. The maximum Gasteiger partial charge on any atom is 0.271 e. The standard InChI is InChI=1S/C24H33N3O2/c1-23(2,3)19-13-17(14-20(21(19)28)24(4,5)6)22(29)26-25-15-16-9-11-18(12-10-16)27(7)8/h9-15,28H,1-8H3,(H,26,29). The van der Waals surface area contributed by atoms with Gasteiger partial charge in [0, 0.05) is 36.5 Å². The van der Waals surface area contributed by atoms with Crippen molar-refractivity contribution < 1.29 is 9.90 Å². The summed E-state index contributed by atoms with van der Waals surface area (Å²) in [5, 5.41) is 14.9. The number of phenolic OH excluding ortho intramolecular Hbond substituents is 1. The van der Waals surface area contributed by atoms with E-state index in [2.05, 4.69) is 10.5 Å². The van der Waals surface area contributed by atoms with Crippen LogP contribution in [0.2, 0.25) is 0 Å². The second-order valence-electron chi connectivity index (χ2n) is 9.61. The first-order valence-corrected chi connectivity index (χ1v) is 9.79. The summed E-state index contributed by atoms with van der Waals surface area (Å²) in [5.41, 5.74) is 5.99. The fraction of sp³-hybridized carbons (Fsp3) is 0.417. The molecule has 5 heteroatoms. The molecule has 1 amide bonds. The minimum atomic E-state index is -0.304. The van der Waals surface area contributed by atoms with E-state index in [1.165, 1.54) is 0 Å². The minimum absolute atomic E-state index is 0.256. The van der Waals surface area contributed by atoms with Crippen molar-refractivity contribution in [3.63, 3.8) is 0 Å². The highest BCUT2D eigenvalue weighted by Crippen LogP contribution is 2.39. The monoisotopic (exact) mass is 395 g/mol. The zero-order valence-electron chi connectivity index (χ0n) is 18.8. The molecule has 5 nitrogen and oxygen atoms in total. The molecule has 0 unspecified atom stereocenters. The number of hydrazone groups is 1. The molecule has 0 fully saturated rings. The van der Waals surface area contributed by atoms with E-state index >= 15 is 0 Å². The Morgan fingerprint density at radius 2 is 1.45 bits per heavy atom. The van der Waals surface area contributed by atoms with Crippen LogP contribution in [-0.4, -0.2) is 31.3 Å². The van der Waals surface area contributed by atoms with Gasteiger partial charge in [-0.1, -0.05) is 53.7 Å². The first-order valence-electron chi connectivity index (χ1n) is 9.79. The van der Waals surface area contributed by atoms with Crippen LogP contribution in [0, 0.1) is 0 Å². The summed E-state index contributed by atoms with van der Waals surface area (Å²) in [7, 11) is 3.97.